The van der Waals surface area contributed by atoms with Gasteiger partial charge in [-0.2, -0.15) is 14.9 Å². The highest BCUT2D eigenvalue weighted by molar-refractivity contribution is 7.71. The molecule has 126 valence electrons. The van der Waals surface area contributed by atoms with Crippen LogP contribution in [-0.4, -0.2) is 40.9 Å². The molecule has 0 spiro atoms. The molecular formula is C15H15ClN4O3S. The van der Waals surface area contributed by atoms with Gasteiger partial charge in [0.15, 0.2) is 17.3 Å². The molecule has 0 amide bonds. The maximum absolute atomic E-state index is 6.24. The number of aromatic amines is 1. The molecule has 3 heterocycles. The Morgan fingerprint density at radius 1 is 1.33 bits per heavy atom. The zero-order valence-corrected chi connectivity index (χ0v) is 14.3. The number of nitrogens with one attached hydrogen (secondary N) is 1. The Balaban J connectivity index is 1.65. The summed E-state index contributed by atoms with van der Waals surface area (Å²) in [5.74, 6) is 1.86. The predicted octanol–water partition coefficient (Wildman–Crippen LogP) is 3.10. The molecular weight excluding hydrogens is 352 g/mol. The highest BCUT2D eigenvalue weighted by Crippen LogP contribution is 2.38. The smallest absolute Gasteiger partial charge is 0.216 e. The zero-order chi connectivity index (χ0) is 16.5. The summed E-state index contributed by atoms with van der Waals surface area (Å²) in [6.07, 6.45) is 3.49. The van der Waals surface area contributed by atoms with E-state index in [1.807, 2.05) is 6.07 Å². The molecule has 4 rings (SSSR count). The summed E-state index contributed by atoms with van der Waals surface area (Å²) in [5.41, 5.74) is 0.783. The van der Waals surface area contributed by atoms with Crippen molar-refractivity contribution in [3.05, 3.63) is 33.3 Å². The van der Waals surface area contributed by atoms with Gasteiger partial charge < -0.3 is 14.2 Å². The van der Waals surface area contributed by atoms with Crippen LogP contribution in [-0.2, 0) is 4.74 Å². The van der Waals surface area contributed by atoms with Crippen molar-refractivity contribution in [3.8, 4) is 11.5 Å². The molecule has 0 radical (unpaired) electrons. The summed E-state index contributed by atoms with van der Waals surface area (Å²) in [6.45, 7) is 1.72. The second-order valence-corrected chi connectivity index (χ2v) is 6.27. The normalized spacial score (nSPS) is 20.0. The topological polar surface area (TPSA) is 73.7 Å². The van der Waals surface area contributed by atoms with Gasteiger partial charge in [0.2, 0.25) is 4.77 Å². The van der Waals surface area contributed by atoms with Gasteiger partial charge in [0, 0.05) is 6.61 Å². The Kier molecular flexibility index (Phi) is 4.26. The van der Waals surface area contributed by atoms with E-state index in [1.54, 1.807) is 17.0 Å². The van der Waals surface area contributed by atoms with Crippen LogP contribution in [0.15, 0.2) is 17.2 Å². The monoisotopic (exact) mass is 366 g/mol. The Morgan fingerprint density at radius 3 is 3.04 bits per heavy atom. The number of halogens is 1. The molecule has 24 heavy (non-hydrogen) atoms. The van der Waals surface area contributed by atoms with Crippen molar-refractivity contribution in [3.63, 3.8) is 0 Å². The first-order valence-corrected chi connectivity index (χ1v) is 8.43. The number of nitrogens with zero attached hydrogens (tertiary/aromatic N) is 3. The van der Waals surface area contributed by atoms with Gasteiger partial charge in [-0.15, -0.1) is 0 Å². The fourth-order valence-electron chi connectivity index (χ4n) is 2.73. The minimum Gasteiger partial charge on any atom is -0.486 e. The van der Waals surface area contributed by atoms with Crippen LogP contribution in [0, 0.1) is 4.77 Å². The quantitative estimate of drug-likeness (QED) is 0.667. The first-order valence-electron chi connectivity index (χ1n) is 7.65. The number of fused-ring (bicyclic) bond motifs is 1. The van der Waals surface area contributed by atoms with Gasteiger partial charge in [0.1, 0.15) is 19.3 Å². The number of aromatic nitrogens is 3. The molecule has 7 nitrogen and oxygen atoms in total. The second-order valence-electron chi connectivity index (χ2n) is 5.47. The fraction of sp³-hybridized carbons (Fsp3) is 0.400. The van der Waals surface area contributed by atoms with Crippen molar-refractivity contribution >= 4 is 30.0 Å². The molecule has 1 aromatic carbocycles. The van der Waals surface area contributed by atoms with E-state index in [4.69, 9.17) is 38.0 Å². The molecule has 1 N–H and O–H groups in total. The van der Waals surface area contributed by atoms with Crippen LogP contribution in [0.3, 0.4) is 0 Å². The minimum absolute atomic E-state index is 0.0843. The number of rotatable bonds is 3. The van der Waals surface area contributed by atoms with E-state index in [0.717, 1.165) is 25.0 Å². The molecule has 1 fully saturated rings. The van der Waals surface area contributed by atoms with Crippen LogP contribution in [0.1, 0.15) is 30.3 Å². The zero-order valence-electron chi connectivity index (χ0n) is 12.7. The minimum atomic E-state index is -0.0843. The predicted molar refractivity (Wildman–Crippen MR) is 90.8 cm³/mol. The molecule has 1 aromatic heterocycles. The van der Waals surface area contributed by atoms with Gasteiger partial charge in [0.25, 0.3) is 0 Å². The molecule has 0 unspecified atom stereocenters. The van der Waals surface area contributed by atoms with Crippen LogP contribution in [0.5, 0.6) is 11.5 Å². The van der Waals surface area contributed by atoms with Crippen molar-refractivity contribution in [2.24, 2.45) is 5.10 Å². The van der Waals surface area contributed by atoms with E-state index in [-0.39, 0.29) is 6.10 Å². The van der Waals surface area contributed by atoms with Crippen molar-refractivity contribution in [2.75, 3.05) is 19.8 Å². The molecule has 1 saturated heterocycles. The summed E-state index contributed by atoms with van der Waals surface area (Å²) < 4.78 is 18.7. The average Bonchev–Trinajstić information content (AvgIpc) is 3.23. The van der Waals surface area contributed by atoms with Crippen LogP contribution in [0.25, 0.3) is 0 Å². The van der Waals surface area contributed by atoms with E-state index in [9.17, 15) is 0 Å². The average molecular weight is 367 g/mol. The molecule has 0 aliphatic carbocycles. The van der Waals surface area contributed by atoms with Crippen molar-refractivity contribution in [2.45, 2.75) is 18.9 Å². The number of benzene rings is 1. The van der Waals surface area contributed by atoms with E-state index >= 15 is 0 Å². The van der Waals surface area contributed by atoms with E-state index < -0.39 is 0 Å². The van der Waals surface area contributed by atoms with Crippen LogP contribution in [0.4, 0.5) is 0 Å². The van der Waals surface area contributed by atoms with Crippen molar-refractivity contribution in [1.29, 1.82) is 0 Å². The third-order valence-electron chi connectivity index (χ3n) is 3.83. The standard InChI is InChI=1S/C15H15ClN4O3S/c16-10-6-9(7-12-13(10)23-5-4-22-12)8-17-20-14(18-19-15(20)24)11-2-1-3-21-11/h6-8,11H,1-5H2,(H,19,24)/b17-8-/t11-/m0/s1. The molecule has 2 aliphatic heterocycles. The van der Waals surface area contributed by atoms with Gasteiger partial charge >= 0.3 is 0 Å². The lowest BCUT2D eigenvalue weighted by atomic mass is 10.2. The molecule has 2 aliphatic rings. The third kappa shape index (κ3) is 2.92. The molecule has 0 bridgehead atoms. The molecule has 2 aromatic rings. The summed E-state index contributed by atoms with van der Waals surface area (Å²) in [7, 11) is 0. The van der Waals surface area contributed by atoms with Crippen molar-refractivity contribution < 1.29 is 14.2 Å². The lowest BCUT2D eigenvalue weighted by Crippen LogP contribution is -2.15. The van der Waals surface area contributed by atoms with Crippen LogP contribution in [0.2, 0.25) is 5.02 Å². The van der Waals surface area contributed by atoms with E-state index in [2.05, 4.69) is 15.3 Å². The lowest BCUT2D eigenvalue weighted by molar-refractivity contribution is 0.102. The highest BCUT2D eigenvalue weighted by atomic mass is 35.5. The first-order chi connectivity index (χ1) is 11.7. The number of H-pyrrole nitrogens is 1. The fourth-order valence-corrected chi connectivity index (χ4v) is 3.19. The summed E-state index contributed by atoms with van der Waals surface area (Å²) >= 11 is 11.5. The van der Waals surface area contributed by atoms with Gasteiger partial charge in [-0.3, -0.25) is 5.10 Å². The highest BCUT2D eigenvalue weighted by Gasteiger charge is 2.23. The number of hydrogen-bond acceptors (Lipinski definition) is 6. The van der Waals surface area contributed by atoms with Crippen molar-refractivity contribution in [1.82, 2.24) is 14.9 Å². The molecule has 1 atom stereocenters. The SMILES string of the molecule is S=c1[nH]nc([C@@H]2CCCO2)n1/N=C\c1cc(Cl)c2c(c1)OCCO2. The van der Waals surface area contributed by atoms with Gasteiger partial charge in [0.05, 0.1) is 11.2 Å². The summed E-state index contributed by atoms with van der Waals surface area (Å²) in [4.78, 5) is 0. The Bertz CT molecular complexity index is 842. The number of hydrogen-bond donors (Lipinski definition) is 1. The number of ether oxygens (including phenoxy) is 3. The molecule has 9 heteroatoms. The van der Waals surface area contributed by atoms with Gasteiger partial charge in [-0.05, 0) is 42.8 Å². The summed E-state index contributed by atoms with van der Waals surface area (Å²) in [6, 6.07) is 3.60. The van der Waals surface area contributed by atoms with Crippen LogP contribution >= 0.6 is 23.8 Å². The van der Waals surface area contributed by atoms with Gasteiger partial charge in [-0.1, -0.05) is 11.6 Å². The first kappa shape index (κ1) is 15.6. The molecule has 0 saturated carbocycles. The van der Waals surface area contributed by atoms with Crippen LogP contribution < -0.4 is 9.47 Å². The van der Waals surface area contributed by atoms with E-state index in [0.29, 0.717) is 40.3 Å². The Hall–Kier alpha value is -1.90. The maximum atomic E-state index is 6.24. The largest absolute Gasteiger partial charge is 0.486 e. The summed E-state index contributed by atoms with van der Waals surface area (Å²) in [5, 5.41) is 11.9. The Labute approximate surface area is 148 Å². The second kappa shape index (κ2) is 6.54. The maximum Gasteiger partial charge on any atom is 0.216 e. The lowest BCUT2D eigenvalue weighted by Gasteiger charge is -2.19. The Morgan fingerprint density at radius 2 is 2.21 bits per heavy atom. The van der Waals surface area contributed by atoms with Gasteiger partial charge in [-0.25, -0.2) is 0 Å². The van der Waals surface area contributed by atoms with E-state index in [1.165, 1.54) is 0 Å². The third-order valence-corrected chi connectivity index (χ3v) is 4.38.